The summed E-state index contributed by atoms with van der Waals surface area (Å²) in [5.74, 6) is 4.91. The number of aromatic nitrogens is 2. The molecule has 0 aliphatic carbocycles. The summed E-state index contributed by atoms with van der Waals surface area (Å²) in [5, 5.41) is 3.96. The summed E-state index contributed by atoms with van der Waals surface area (Å²) >= 11 is 0. The van der Waals surface area contributed by atoms with E-state index in [1.165, 1.54) is 23.1 Å². The topological polar surface area (TPSA) is 103 Å². The molecule has 0 bridgehead atoms. The van der Waals surface area contributed by atoms with Crippen LogP contribution >= 0.6 is 0 Å². The molecule has 0 fully saturated rings. The highest BCUT2D eigenvalue weighted by Crippen LogP contribution is 2.10. The summed E-state index contributed by atoms with van der Waals surface area (Å²) in [7, 11) is 0. The van der Waals surface area contributed by atoms with Crippen LogP contribution in [-0.2, 0) is 6.54 Å². The largest absolute Gasteiger partial charge is 0.467 e. The Hall–Kier alpha value is -2.41. The van der Waals surface area contributed by atoms with Crippen LogP contribution < -0.4 is 16.8 Å². The Kier molecular flexibility index (Phi) is 3.24. The third-order valence-corrected chi connectivity index (χ3v) is 2.42. The van der Waals surface area contributed by atoms with Crippen LogP contribution in [0.25, 0.3) is 0 Å². The number of hydrogen-bond donors (Lipinski definition) is 2. The minimum atomic E-state index is -0.473. The molecule has 2 aromatic rings. The molecule has 0 spiro atoms. The van der Waals surface area contributed by atoms with Gasteiger partial charge in [0.1, 0.15) is 12.3 Å². The molecule has 18 heavy (non-hydrogen) atoms. The van der Waals surface area contributed by atoms with Crippen LogP contribution in [0, 0.1) is 6.92 Å². The molecule has 2 rings (SSSR count). The van der Waals surface area contributed by atoms with Gasteiger partial charge in [-0.1, -0.05) is 0 Å². The fraction of sp³-hybridized carbons (Fsp3) is 0.182. The molecule has 7 nitrogen and oxygen atoms in total. The fourth-order valence-corrected chi connectivity index (χ4v) is 1.52. The summed E-state index contributed by atoms with van der Waals surface area (Å²) in [5.41, 5.74) is 2.81. The molecule has 0 atom stereocenters. The maximum Gasteiger partial charge on any atom is 0.268 e. The quantitative estimate of drug-likeness (QED) is 0.444. The van der Waals surface area contributed by atoms with Gasteiger partial charge in [0.05, 0.1) is 18.0 Å². The lowest BCUT2D eigenvalue weighted by molar-refractivity contribution is 0.0951. The monoisotopic (exact) mass is 248 g/mol. The molecule has 2 aromatic heterocycles. The smallest absolute Gasteiger partial charge is 0.268 e. The highest BCUT2D eigenvalue weighted by atomic mass is 16.3. The first-order valence-corrected chi connectivity index (χ1v) is 5.23. The van der Waals surface area contributed by atoms with E-state index in [9.17, 15) is 9.59 Å². The fourth-order valence-electron chi connectivity index (χ4n) is 1.52. The van der Waals surface area contributed by atoms with Gasteiger partial charge in [-0.15, -0.1) is 0 Å². The lowest BCUT2D eigenvalue weighted by Crippen LogP contribution is -2.31. The van der Waals surface area contributed by atoms with Crippen molar-refractivity contribution in [3.05, 3.63) is 51.8 Å². The van der Waals surface area contributed by atoms with Crippen molar-refractivity contribution in [3.8, 4) is 0 Å². The molecule has 0 saturated heterocycles. The first-order chi connectivity index (χ1) is 8.61. The Bertz CT molecular complexity index is 629. The van der Waals surface area contributed by atoms with E-state index >= 15 is 0 Å². The van der Waals surface area contributed by atoms with Gasteiger partial charge in [0.2, 0.25) is 0 Å². The summed E-state index contributed by atoms with van der Waals surface area (Å²) in [6, 6.07) is 2.94. The van der Waals surface area contributed by atoms with Gasteiger partial charge in [-0.2, -0.15) is 5.10 Å². The van der Waals surface area contributed by atoms with E-state index in [1.54, 1.807) is 13.1 Å². The highest BCUT2D eigenvalue weighted by molar-refractivity contribution is 5.94. The zero-order valence-corrected chi connectivity index (χ0v) is 9.71. The number of carbonyl (C=O) groups is 1. The van der Waals surface area contributed by atoms with Gasteiger partial charge in [0.15, 0.2) is 0 Å². The molecule has 0 unspecified atom stereocenters. The minimum Gasteiger partial charge on any atom is -0.467 e. The molecule has 0 aromatic carbocycles. The van der Waals surface area contributed by atoms with Crippen LogP contribution in [0.5, 0.6) is 0 Å². The number of rotatable bonds is 3. The second kappa shape index (κ2) is 4.84. The van der Waals surface area contributed by atoms with Crippen molar-refractivity contribution in [2.75, 3.05) is 0 Å². The van der Waals surface area contributed by atoms with Crippen molar-refractivity contribution in [2.24, 2.45) is 5.84 Å². The number of furan rings is 1. The third kappa shape index (κ3) is 2.30. The maximum atomic E-state index is 11.7. The molecule has 94 valence electrons. The third-order valence-electron chi connectivity index (χ3n) is 2.42. The lowest BCUT2D eigenvalue weighted by atomic mass is 10.2. The Balaban J connectivity index is 2.32. The zero-order valence-electron chi connectivity index (χ0n) is 9.71. The number of aryl methyl sites for hydroxylation is 1. The Morgan fingerprint density at radius 2 is 2.39 bits per heavy atom. The zero-order chi connectivity index (χ0) is 13.1. The van der Waals surface area contributed by atoms with Crippen LogP contribution in [0.1, 0.15) is 21.7 Å². The Labute approximate surface area is 102 Å². The van der Waals surface area contributed by atoms with E-state index < -0.39 is 5.91 Å². The number of nitrogens with one attached hydrogen (secondary N) is 1. The van der Waals surface area contributed by atoms with E-state index in [2.05, 4.69) is 5.10 Å². The van der Waals surface area contributed by atoms with Gasteiger partial charge < -0.3 is 4.42 Å². The average molecular weight is 248 g/mol. The second-order valence-corrected chi connectivity index (χ2v) is 3.76. The predicted molar refractivity (Wildman–Crippen MR) is 62.7 cm³/mol. The van der Waals surface area contributed by atoms with Crippen molar-refractivity contribution < 1.29 is 9.21 Å². The lowest BCUT2D eigenvalue weighted by Gasteiger charge is -2.04. The first-order valence-electron chi connectivity index (χ1n) is 5.23. The van der Waals surface area contributed by atoms with Crippen molar-refractivity contribution in [1.29, 1.82) is 0 Å². The van der Waals surface area contributed by atoms with Crippen LogP contribution in [0.3, 0.4) is 0 Å². The number of carbonyl (C=O) groups excluding carboxylic acids is 1. The SMILES string of the molecule is Cc1cnn(Cc2occc2C(=O)NN)c(=O)c1. The van der Waals surface area contributed by atoms with Gasteiger partial charge in [0, 0.05) is 6.07 Å². The molecule has 0 aliphatic rings. The van der Waals surface area contributed by atoms with Crippen LogP contribution in [-0.4, -0.2) is 15.7 Å². The van der Waals surface area contributed by atoms with Crippen molar-refractivity contribution in [3.63, 3.8) is 0 Å². The molecular formula is C11H12N4O3. The summed E-state index contributed by atoms with van der Waals surface area (Å²) in [6.07, 6.45) is 2.92. The van der Waals surface area contributed by atoms with Crippen molar-refractivity contribution >= 4 is 5.91 Å². The number of nitrogens with zero attached hydrogens (tertiary/aromatic N) is 2. The number of hydrogen-bond acceptors (Lipinski definition) is 5. The van der Waals surface area contributed by atoms with Gasteiger partial charge in [-0.25, -0.2) is 10.5 Å². The number of nitrogen functional groups attached to an aromatic ring is 1. The van der Waals surface area contributed by atoms with Crippen LogP contribution in [0.15, 0.2) is 33.8 Å². The standard InChI is InChI=1S/C11H12N4O3/c1-7-4-10(16)15(13-5-7)6-9-8(2-3-18-9)11(17)14-12/h2-5H,6,12H2,1H3,(H,14,17). The van der Waals surface area contributed by atoms with E-state index in [0.29, 0.717) is 5.76 Å². The maximum absolute atomic E-state index is 11.7. The number of nitrogens with two attached hydrogens (primary N) is 1. The first kappa shape index (κ1) is 12.1. The van der Waals surface area contributed by atoms with Crippen molar-refractivity contribution in [1.82, 2.24) is 15.2 Å². The van der Waals surface area contributed by atoms with Gasteiger partial charge in [-0.3, -0.25) is 15.0 Å². The van der Waals surface area contributed by atoms with E-state index in [0.717, 1.165) is 5.56 Å². The summed E-state index contributed by atoms with van der Waals surface area (Å²) in [4.78, 5) is 23.1. The number of amides is 1. The predicted octanol–water partition coefficient (Wildman–Crippen LogP) is -0.203. The van der Waals surface area contributed by atoms with Crippen LogP contribution in [0.2, 0.25) is 0 Å². The van der Waals surface area contributed by atoms with E-state index in [-0.39, 0.29) is 17.7 Å². The molecule has 7 heteroatoms. The van der Waals surface area contributed by atoms with E-state index in [4.69, 9.17) is 10.3 Å². The van der Waals surface area contributed by atoms with Gasteiger partial charge in [0.25, 0.3) is 11.5 Å². The van der Waals surface area contributed by atoms with E-state index in [1.807, 2.05) is 5.43 Å². The highest BCUT2D eigenvalue weighted by Gasteiger charge is 2.14. The molecule has 3 N–H and O–H groups in total. The van der Waals surface area contributed by atoms with Crippen molar-refractivity contribution in [2.45, 2.75) is 13.5 Å². The van der Waals surface area contributed by atoms with Gasteiger partial charge >= 0.3 is 0 Å². The van der Waals surface area contributed by atoms with Crippen LogP contribution in [0.4, 0.5) is 0 Å². The molecule has 1 amide bonds. The Morgan fingerprint density at radius 1 is 1.61 bits per heavy atom. The molecule has 0 aliphatic heterocycles. The molecular weight excluding hydrogens is 236 g/mol. The minimum absolute atomic E-state index is 0.0782. The number of hydrazine groups is 1. The molecule has 0 saturated carbocycles. The normalized spacial score (nSPS) is 10.3. The molecule has 2 heterocycles. The molecule has 0 radical (unpaired) electrons. The Morgan fingerprint density at radius 3 is 3.06 bits per heavy atom. The average Bonchev–Trinajstić information content (AvgIpc) is 2.80. The summed E-state index contributed by atoms with van der Waals surface area (Å²) in [6.45, 7) is 1.85. The van der Waals surface area contributed by atoms with Gasteiger partial charge in [-0.05, 0) is 18.6 Å². The summed E-state index contributed by atoms with van der Waals surface area (Å²) < 4.78 is 6.37. The second-order valence-electron chi connectivity index (χ2n) is 3.76.